The third-order valence-corrected chi connectivity index (χ3v) is 6.91. The summed E-state index contributed by atoms with van der Waals surface area (Å²) in [4.78, 5) is 36.4. The van der Waals surface area contributed by atoms with Crippen LogP contribution in [0.15, 0.2) is 48.5 Å². The van der Waals surface area contributed by atoms with E-state index in [9.17, 15) is 19.5 Å². The largest absolute Gasteiger partial charge is 0.480 e. The van der Waals surface area contributed by atoms with Crippen LogP contribution in [0.25, 0.3) is 11.1 Å². The average Bonchev–Trinajstić information content (AvgIpc) is 3.53. The topological polar surface area (TPSA) is 105 Å². The Morgan fingerprint density at radius 2 is 1.63 bits per heavy atom. The minimum absolute atomic E-state index is 0.00588. The van der Waals surface area contributed by atoms with Crippen molar-refractivity contribution in [1.82, 2.24) is 10.6 Å². The van der Waals surface area contributed by atoms with Crippen molar-refractivity contribution in [3.63, 3.8) is 0 Å². The molecule has 4 rings (SSSR count). The number of carbonyl (C=O) groups excluding carboxylic acids is 2. The molecule has 2 aromatic rings. The van der Waals surface area contributed by atoms with Gasteiger partial charge < -0.3 is 20.5 Å². The number of nitrogens with one attached hydrogen (secondary N) is 2. The van der Waals surface area contributed by atoms with Crippen LogP contribution in [0.4, 0.5) is 4.79 Å². The molecule has 7 heteroatoms. The van der Waals surface area contributed by atoms with E-state index in [0.29, 0.717) is 25.8 Å². The molecule has 0 bridgehead atoms. The number of carbonyl (C=O) groups is 3. The molecule has 3 atom stereocenters. The zero-order chi connectivity index (χ0) is 25.2. The lowest BCUT2D eigenvalue weighted by Gasteiger charge is -2.21. The number of hydrogen-bond donors (Lipinski definition) is 3. The molecule has 2 aliphatic rings. The van der Waals surface area contributed by atoms with Crippen molar-refractivity contribution < 1.29 is 24.2 Å². The van der Waals surface area contributed by atoms with Crippen molar-refractivity contribution in [2.24, 2.45) is 17.3 Å². The van der Waals surface area contributed by atoms with Crippen molar-refractivity contribution >= 4 is 18.0 Å². The van der Waals surface area contributed by atoms with Crippen LogP contribution in [0.3, 0.4) is 0 Å². The minimum Gasteiger partial charge on any atom is -0.480 e. The molecule has 3 unspecified atom stereocenters. The van der Waals surface area contributed by atoms with E-state index in [1.54, 1.807) is 0 Å². The van der Waals surface area contributed by atoms with E-state index in [4.69, 9.17) is 4.74 Å². The van der Waals surface area contributed by atoms with Gasteiger partial charge in [-0.25, -0.2) is 9.59 Å². The summed E-state index contributed by atoms with van der Waals surface area (Å²) in [6, 6.07) is 15.4. The highest BCUT2D eigenvalue weighted by atomic mass is 16.5. The number of rotatable bonds is 9. The molecule has 0 aromatic heterocycles. The van der Waals surface area contributed by atoms with Gasteiger partial charge in [0.25, 0.3) is 0 Å². The van der Waals surface area contributed by atoms with Gasteiger partial charge in [-0.1, -0.05) is 69.3 Å². The Hall–Kier alpha value is -3.35. The molecule has 7 nitrogen and oxygen atoms in total. The maximum absolute atomic E-state index is 12.5. The molecule has 0 aliphatic heterocycles. The van der Waals surface area contributed by atoms with E-state index in [0.717, 1.165) is 11.1 Å². The zero-order valence-corrected chi connectivity index (χ0v) is 20.5. The summed E-state index contributed by atoms with van der Waals surface area (Å²) >= 11 is 0. The van der Waals surface area contributed by atoms with Crippen molar-refractivity contribution in [2.45, 2.75) is 52.0 Å². The molecule has 3 N–H and O–H groups in total. The van der Waals surface area contributed by atoms with Gasteiger partial charge in [0, 0.05) is 18.4 Å². The average molecular weight is 479 g/mol. The Labute approximate surface area is 206 Å². The van der Waals surface area contributed by atoms with Crippen molar-refractivity contribution in [1.29, 1.82) is 0 Å². The molecule has 0 saturated heterocycles. The fraction of sp³-hybridized carbons (Fsp3) is 0.464. The van der Waals surface area contributed by atoms with Crippen LogP contribution in [0.2, 0.25) is 0 Å². The van der Waals surface area contributed by atoms with Crippen LogP contribution in [-0.4, -0.2) is 42.3 Å². The van der Waals surface area contributed by atoms with Gasteiger partial charge in [-0.2, -0.15) is 0 Å². The molecule has 2 aliphatic carbocycles. The van der Waals surface area contributed by atoms with Crippen LogP contribution in [0, 0.1) is 17.3 Å². The third kappa shape index (κ3) is 6.02. The van der Waals surface area contributed by atoms with Gasteiger partial charge in [0.2, 0.25) is 5.91 Å². The number of ether oxygens (including phenoxy) is 1. The first-order valence-corrected chi connectivity index (χ1v) is 12.3. The summed E-state index contributed by atoms with van der Waals surface area (Å²) in [5.74, 6) is -1.57. The summed E-state index contributed by atoms with van der Waals surface area (Å²) in [7, 11) is 0. The standard InChI is InChI=1S/C28H34N2O5/c1-28(2,3)13-12-24(26(32)33)30-25(31)22-14-17(22)15-29-27(34)35-16-23-20-10-6-4-8-18(20)19-9-5-7-11-21(19)23/h4-11,17,22-24H,12-16H2,1-3H3,(H,29,34)(H,30,31)(H,32,33). The summed E-state index contributed by atoms with van der Waals surface area (Å²) in [6.07, 6.45) is 1.20. The van der Waals surface area contributed by atoms with Gasteiger partial charge in [-0.15, -0.1) is 0 Å². The van der Waals surface area contributed by atoms with Gasteiger partial charge in [-0.05, 0) is 52.8 Å². The maximum Gasteiger partial charge on any atom is 0.407 e. The first-order chi connectivity index (χ1) is 16.6. The first kappa shape index (κ1) is 24.8. The van der Waals surface area contributed by atoms with Crippen molar-refractivity contribution in [3.8, 4) is 11.1 Å². The Kier molecular flexibility index (Phi) is 7.15. The fourth-order valence-corrected chi connectivity index (χ4v) is 4.77. The summed E-state index contributed by atoms with van der Waals surface area (Å²) in [6.45, 7) is 6.69. The highest BCUT2D eigenvalue weighted by Crippen LogP contribution is 2.44. The molecular formula is C28H34N2O5. The van der Waals surface area contributed by atoms with Crippen LogP contribution < -0.4 is 10.6 Å². The van der Waals surface area contributed by atoms with E-state index in [2.05, 4.69) is 34.9 Å². The lowest BCUT2D eigenvalue weighted by Crippen LogP contribution is -2.42. The molecule has 2 aromatic carbocycles. The Bertz CT molecular complexity index is 1060. The van der Waals surface area contributed by atoms with Gasteiger partial charge in [0.15, 0.2) is 0 Å². The summed E-state index contributed by atoms with van der Waals surface area (Å²) in [5, 5.41) is 14.9. The highest BCUT2D eigenvalue weighted by Gasteiger charge is 2.44. The lowest BCUT2D eigenvalue weighted by molar-refractivity contribution is -0.142. The van der Waals surface area contributed by atoms with Gasteiger partial charge in [0.05, 0.1) is 0 Å². The summed E-state index contributed by atoms with van der Waals surface area (Å²) < 4.78 is 5.55. The number of amides is 2. The van der Waals surface area contributed by atoms with E-state index < -0.39 is 18.1 Å². The Morgan fingerprint density at radius 3 is 2.20 bits per heavy atom. The normalized spacial score (nSPS) is 19.3. The molecule has 1 fully saturated rings. The van der Waals surface area contributed by atoms with E-state index in [-0.39, 0.29) is 35.7 Å². The Balaban J connectivity index is 1.23. The fourth-order valence-electron chi connectivity index (χ4n) is 4.77. The second-order valence-electron chi connectivity index (χ2n) is 10.8. The smallest absolute Gasteiger partial charge is 0.407 e. The molecule has 0 heterocycles. The third-order valence-electron chi connectivity index (χ3n) is 6.91. The quantitative estimate of drug-likeness (QED) is 0.490. The second-order valence-corrected chi connectivity index (χ2v) is 10.8. The van der Waals surface area contributed by atoms with Crippen LogP contribution >= 0.6 is 0 Å². The first-order valence-electron chi connectivity index (χ1n) is 12.3. The molecule has 35 heavy (non-hydrogen) atoms. The highest BCUT2D eigenvalue weighted by molar-refractivity contribution is 5.86. The number of alkyl carbamates (subject to hydrolysis) is 1. The molecule has 186 valence electrons. The molecule has 0 radical (unpaired) electrons. The minimum atomic E-state index is -1.02. The predicted molar refractivity (Wildman–Crippen MR) is 133 cm³/mol. The van der Waals surface area contributed by atoms with Crippen LogP contribution in [-0.2, 0) is 14.3 Å². The van der Waals surface area contributed by atoms with Gasteiger partial charge >= 0.3 is 12.1 Å². The molecule has 0 spiro atoms. The van der Waals surface area contributed by atoms with Gasteiger partial charge in [0.1, 0.15) is 12.6 Å². The maximum atomic E-state index is 12.5. The Morgan fingerprint density at radius 1 is 1.03 bits per heavy atom. The summed E-state index contributed by atoms with van der Waals surface area (Å²) in [5.41, 5.74) is 4.64. The number of carboxylic acid groups (broad SMARTS) is 1. The van der Waals surface area contributed by atoms with Crippen LogP contribution in [0.1, 0.15) is 57.1 Å². The molecule has 1 saturated carbocycles. The lowest BCUT2D eigenvalue weighted by atomic mass is 9.88. The zero-order valence-electron chi connectivity index (χ0n) is 20.5. The van der Waals surface area contributed by atoms with Crippen LogP contribution in [0.5, 0.6) is 0 Å². The number of hydrogen-bond acceptors (Lipinski definition) is 4. The molecule has 2 amide bonds. The van der Waals surface area contributed by atoms with E-state index in [1.807, 2.05) is 45.0 Å². The van der Waals surface area contributed by atoms with E-state index in [1.165, 1.54) is 11.1 Å². The number of benzene rings is 2. The SMILES string of the molecule is CC(C)(C)CCC(NC(=O)C1CC1CNC(=O)OCC1c2ccccc2-c2ccccc21)C(=O)O. The number of fused-ring (bicyclic) bond motifs is 3. The second kappa shape index (κ2) is 10.1. The van der Waals surface area contributed by atoms with Crippen molar-refractivity contribution in [3.05, 3.63) is 59.7 Å². The van der Waals surface area contributed by atoms with Gasteiger partial charge in [-0.3, -0.25) is 4.79 Å². The monoisotopic (exact) mass is 478 g/mol. The number of carboxylic acids is 1. The van der Waals surface area contributed by atoms with E-state index >= 15 is 0 Å². The molecular weight excluding hydrogens is 444 g/mol. The van der Waals surface area contributed by atoms with Crippen molar-refractivity contribution in [2.75, 3.05) is 13.2 Å². The predicted octanol–water partition coefficient (Wildman–Crippen LogP) is 4.56. The number of aliphatic carboxylic acids is 1.